The molecule has 3 aromatic rings. The first-order valence-corrected chi connectivity index (χ1v) is 9.88. The number of thiophene rings is 1. The molecule has 0 radical (unpaired) electrons. The van der Waals surface area contributed by atoms with E-state index in [0.29, 0.717) is 6.54 Å². The van der Waals surface area contributed by atoms with Gasteiger partial charge in [-0.1, -0.05) is 30.0 Å². The summed E-state index contributed by atoms with van der Waals surface area (Å²) in [6.07, 6.45) is 3.72. The predicted molar refractivity (Wildman–Crippen MR) is 105 cm³/mol. The number of thioether (sulfide) groups is 1. The first-order chi connectivity index (χ1) is 12.0. The second kappa shape index (κ2) is 7.89. The Kier molecular flexibility index (Phi) is 5.60. The Bertz CT molecular complexity index is 855. The molecule has 130 valence electrons. The first kappa shape index (κ1) is 17.8. The monoisotopic (exact) mass is 371 g/mol. The molecule has 2 heterocycles. The van der Waals surface area contributed by atoms with Crippen molar-refractivity contribution in [3.05, 3.63) is 64.1 Å². The van der Waals surface area contributed by atoms with Crippen LogP contribution in [0.1, 0.15) is 22.9 Å². The van der Waals surface area contributed by atoms with E-state index in [2.05, 4.69) is 46.9 Å². The maximum absolute atomic E-state index is 12.4. The normalized spacial score (nSPS) is 12.1. The van der Waals surface area contributed by atoms with E-state index < -0.39 is 0 Å². The highest BCUT2D eigenvalue weighted by molar-refractivity contribution is 8.00. The van der Waals surface area contributed by atoms with Crippen molar-refractivity contribution in [2.45, 2.75) is 37.7 Å². The Morgan fingerprint density at radius 2 is 2.20 bits per heavy atom. The summed E-state index contributed by atoms with van der Waals surface area (Å²) >= 11 is 3.12. The molecule has 1 amide bonds. The number of aryl methyl sites for hydroxylation is 2. The predicted octanol–water partition coefficient (Wildman–Crippen LogP) is 4.35. The lowest BCUT2D eigenvalue weighted by Crippen LogP contribution is -2.30. The molecule has 2 aromatic heterocycles. The standard InChI is InChI=1S/C19H21N3OS2/c1-13-6-7-14(2)17(11-13)22-9-8-20-19(22)25-15(3)18(23)21-12-16-5-4-10-24-16/h4-11,15H,12H2,1-3H3,(H,21,23). The van der Waals surface area contributed by atoms with Gasteiger partial charge in [0.15, 0.2) is 5.16 Å². The van der Waals surface area contributed by atoms with E-state index in [4.69, 9.17) is 0 Å². The number of hydrogen-bond acceptors (Lipinski definition) is 4. The first-order valence-electron chi connectivity index (χ1n) is 8.12. The Morgan fingerprint density at radius 1 is 1.36 bits per heavy atom. The van der Waals surface area contributed by atoms with Crippen LogP contribution < -0.4 is 5.32 Å². The molecule has 25 heavy (non-hydrogen) atoms. The molecule has 0 aliphatic heterocycles. The largest absolute Gasteiger partial charge is 0.350 e. The third-order valence-corrected chi connectivity index (χ3v) is 5.86. The highest BCUT2D eigenvalue weighted by Crippen LogP contribution is 2.26. The molecular formula is C19H21N3OS2. The van der Waals surface area contributed by atoms with E-state index in [-0.39, 0.29) is 11.2 Å². The Hall–Kier alpha value is -2.05. The van der Waals surface area contributed by atoms with E-state index in [0.717, 1.165) is 15.7 Å². The van der Waals surface area contributed by atoms with Gasteiger partial charge in [-0.3, -0.25) is 9.36 Å². The fourth-order valence-electron chi connectivity index (χ4n) is 2.48. The second-order valence-electron chi connectivity index (χ2n) is 5.93. The van der Waals surface area contributed by atoms with Gasteiger partial charge in [0, 0.05) is 17.3 Å². The summed E-state index contributed by atoms with van der Waals surface area (Å²) in [5.74, 6) is 0.0221. The fraction of sp³-hybridized carbons (Fsp3) is 0.263. The average Bonchev–Trinajstić information content (AvgIpc) is 3.26. The summed E-state index contributed by atoms with van der Waals surface area (Å²) in [5.41, 5.74) is 3.48. The van der Waals surface area contributed by atoms with Gasteiger partial charge >= 0.3 is 0 Å². The number of carbonyl (C=O) groups is 1. The van der Waals surface area contributed by atoms with Crippen molar-refractivity contribution < 1.29 is 4.79 Å². The molecule has 0 aliphatic carbocycles. The zero-order valence-electron chi connectivity index (χ0n) is 14.5. The highest BCUT2D eigenvalue weighted by Gasteiger charge is 2.18. The molecule has 3 rings (SSSR count). The lowest BCUT2D eigenvalue weighted by molar-refractivity contribution is -0.120. The van der Waals surface area contributed by atoms with Gasteiger partial charge in [0.05, 0.1) is 17.5 Å². The smallest absolute Gasteiger partial charge is 0.233 e. The Balaban J connectivity index is 1.70. The van der Waals surface area contributed by atoms with E-state index >= 15 is 0 Å². The Labute approximate surface area is 156 Å². The molecule has 1 aromatic carbocycles. The van der Waals surface area contributed by atoms with Gasteiger partial charge < -0.3 is 5.32 Å². The lowest BCUT2D eigenvalue weighted by Gasteiger charge is -2.14. The molecule has 0 bridgehead atoms. The number of carbonyl (C=O) groups excluding carboxylic acids is 1. The lowest BCUT2D eigenvalue weighted by atomic mass is 10.1. The van der Waals surface area contributed by atoms with E-state index in [1.165, 1.54) is 22.9 Å². The summed E-state index contributed by atoms with van der Waals surface area (Å²) < 4.78 is 2.05. The van der Waals surface area contributed by atoms with Crippen molar-refractivity contribution in [2.75, 3.05) is 0 Å². The molecule has 0 aliphatic rings. The Morgan fingerprint density at radius 3 is 2.96 bits per heavy atom. The van der Waals surface area contributed by atoms with E-state index in [1.807, 2.05) is 30.6 Å². The minimum absolute atomic E-state index is 0.0221. The summed E-state index contributed by atoms with van der Waals surface area (Å²) in [5, 5.41) is 5.62. The van der Waals surface area contributed by atoms with Gasteiger partial charge in [0.1, 0.15) is 0 Å². The number of hydrogen-bond donors (Lipinski definition) is 1. The van der Waals surface area contributed by atoms with Gasteiger partial charge in [0.2, 0.25) is 5.91 Å². The maximum Gasteiger partial charge on any atom is 0.233 e. The van der Waals surface area contributed by atoms with Crippen molar-refractivity contribution >= 4 is 29.0 Å². The number of imidazole rings is 1. The quantitative estimate of drug-likeness (QED) is 0.656. The van der Waals surface area contributed by atoms with Crippen LogP contribution in [0.5, 0.6) is 0 Å². The van der Waals surface area contributed by atoms with Gasteiger partial charge in [0.25, 0.3) is 0 Å². The van der Waals surface area contributed by atoms with Crippen molar-refractivity contribution in [1.29, 1.82) is 0 Å². The van der Waals surface area contributed by atoms with Gasteiger partial charge in [-0.2, -0.15) is 0 Å². The fourth-order valence-corrected chi connectivity index (χ4v) is 4.03. The van der Waals surface area contributed by atoms with Crippen molar-refractivity contribution in [3.8, 4) is 5.69 Å². The third kappa shape index (κ3) is 4.32. The van der Waals surface area contributed by atoms with Gasteiger partial charge in [-0.15, -0.1) is 11.3 Å². The third-order valence-electron chi connectivity index (χ3n) is 3.90. The van der Waals surface area contributed by atoms with Crippen molar-refractivity contribution in [2.24, 2.45) is 0 Å². The topological polar surface area (TPSA) is 46.9 Å². The van der Waals surface area contributed by atoms with Crippen LogP contribution in [-0.4, -0.2) is 20.7 Å². The molecule has 6 heteroatoms. The van der Waals surface area contributed by atoms with Crippen LogP contribution in [0.4, 0.5) is 0 Å². The number of amides is 1. The summed E-state index contributed by atoms with van der Waals surface area (Å²) in [6, 6.07) is 10.4. The zero-order valence-corrected chi connectivity index (χ0v) is 16.2. The SMILES string of the molecule is Cc1ccc(C)c(-n2ccnc2SC(C)C(=O)NCc2cccs2)c1. The minimum Gasteiger partial charge on any atom is -0.350 e. The van der Waals surface area contributed by atoms with Crippen LogP contribution in [0.15, 0.2) is 53.3 Å². The average molecular weight is 372 g/mol. The zero-order chi connectivity index (χ0) is 17.8. The van der Waals surface area contributed by atoms with Gasteiger partial charge in [-0.25, -0.2) is 4.98 Å². The molecule has 1 unspecified atom stereocenters. The number of rotatable bonds is 6. The summed E-state index contributed by atoms with van der Waals surface area (Å²) in [6.45, 7) is 6.65. The van der Waals surface area contributed by atoms with E-state index in [9.17, 15) is 4.79 Å². The van der Waals surface area contributed by atoms with Crippen LogP contribution in [0.25, 0.3) is 5.69 Å². The highest BCUT2D eigenvalue weighted by atomic mass is 32.2. The summed E-state index contributed by atoms with van der Waals surface area (Å²) in [4.78, 5) is 18.0. The number of nitrogens with zero attached hydrogens (tertiary/aromatic N) is 2. The van der Waals surface area contributed by atoms with Crippen molar-refractivity contribution in [1.82, 2.24) is 14.9 Å². The van der Waals surface area contributed by atoms with Crippen LogP contribution in [-0.2, 0) is 11.3 Å². The van der Waals surface area contributed by atoms with Gasteiger partial charge in [-0.05, 0) is 49.4 Å². The molecular weight excluding hydrogens is 350 g/mol. The number of benzene rings is 1. The van der Waals surface area contributed by atoms with Crippen LogP contribution in [0.3, 0.4) is 0 Å². The van der Waals surface area contributed by atoms with Crippen LogP contribution in [0.2, 0.25) is 0 Å². The molecule has 4 nitrogen and oxygen atoms in total. The maximum atomic E-state index is 12.4. The van der Waals surface area contributed by atoms with Crippen LogP contribution >= 0.6 is 23.1 Å². The minimum atomic E-state index is -0.216. The molecule has 1 N–H and O–H groups in total. The number of nitrogens with one attached hydrogen (secondary N) is 1. The molecule has 1 atom stereocenters. The molecule has 0 fully saturated rings. The molecule has 0 saturated carbocycles. The second-order valence-corrected chi connectivity index (χ2v) is 8.27. The summed E-state index contributed by atoms with van der Waals surface area (Å²) in [7, 11) is 0. The van der Waals surface area contributed by atoms with Crippen LogP contribution in [0, 0.1) is 13.8 Å². The molecule has 0 saturated heterocycles. The van der Waals surface area contributed by atoms with E-state index in [1.54, 1.807) is 17.5 Å². The molecule has 0 spiro atoms. The number of aromatic nitrogens is 2. The van der Waals surface area contributed by atoms with Crippen molar-refractivity contribution in [3.63, 3.8) is 0 Å².